The molecule has 1 aliphatic rings. The summed E-state index contributed by atoms with van der Waals surface area (Å²) >= 11 is 1.53. The van der Waals surface area contributed by atoms with Crippen molar-refractivity contribution in [2.24, 2.45) is 0 Å². The van der Waals surface area contributed by atoms with Crippen molar-refractivity contribution in [1.82, 2.24) is 5.32 Å². The monoisotopic (exact) mass is 326 g/mol. The van der Waals surface area contributed by atoms with E-state index in [9.17, 15) is 9.59 Å². The van der Waals surface area contributed by atoms with Crippen LogP contribution in [0.25, 0.3) is 0 Å². The highest BCUT2D eigenvalue weighted by Gasteiger charge is 2.38. The van der Waals surface area contributed by atoms with Gasteiger partial charge in [0.2, 0.25) is 5.91 Å². The van der Waals surface area contributed by atoms with Gasteiger partial charge in [-0.25, -0.2) is 0 Å². The summed E-state index contributed by atoms with van der Waals surface area (Å²) in [5, 5.41) is 2.67. The predicted octanol–water partition coefficient (Wildman–Crippen LogP) is 2.73. The van der Waals surface area contributed by atoms with Crippen LogP contribution < -0.4 is 10.2 Å². The molecule has 0 aromatic heterocycles. The number of anilines is 1. The molecule has 23 heavy (non-hydrogen) atoms. The van der Waals surface area contributed by atoms with E-state index in [0.29, 0.717) is 12.0 Å². The summed E-state index contributed by atoms with van der Waals surface area (Å²) in [5.41, 5.74) is 2.48. The zero-order valence-corrected chi connectivity index (χ0v) is 13.9. The maximum Gasteiger partial charge on any atom is 0.260 e. The highest BCUT2D eigenvalue weighted by Crippen LogP contribution is 2.34. The number of thioether (sulfide) groups is 1. The highest BCUT2D eigenvalue weighted by atomic mass is 32.2. The van der Waals surface area contributed by atoms with Crippen LogP contribution in [0.2, 0.25) is 0 Å². The summed E-state index contributed by atoms with van der Waals surface area (Å²) in [6, 6.07) is 14.7. The first-order chi connectivity index (χ1) is 11.2. The number of rotatable bonds is 3. The molecule has 2 aromatic rings. The van der Waals surface area contributed by atoms with Gasteiger partial charge in [-0.1, -0.05) is 30.3 Å². The maximum atomic E-state index is 13.2. The summed E-state index contributed by atoms with van der Waals surface area (Å²) in [6.07, 6.45) is 2.49. The van der Waals surface area contributed by atoms with Gasteiger partial charge in [0.05, 0.1) is 5.56 Å². The number of nitrogens with zero attached hydrogens (tertiary/aromatic N) is 1. The van der Waals surface area contributed by atoms with Crippen LogP contribution in [0, 0.1) is 0 Å². The number of likely N-dealkylation sites (N-methyl/N-ethyl adjacent to an activating group) is 1. The molecule has 0 spiro atoms. The SMILES string of the molecule is CNC(=O)C1Cc2ccccc2N1C(=O)c1ccccc1SC. The second kappa shape index (κ2) is 6.46. The molecule has 0 saturated heterocycles. The molecule has 4 nitrogen and oxygen atoms in total. The Hall–Kier alpha value is -2.27. The molecule has 2 aromatic carbocycles. The van der Waals surface area contributed by atoms with Gasteiger partial charge in [0.1, 0.15) is 6.04 Å². The second-order valence-electron chi connectivity index (χ2n) is 5.34. The van der Waals surface area contributed by atoms with Gasteiger partial charge in [0.15, 0.2) is 0 Å². The molecule has 1 heterocycles. The lowest BCUT2D eigenvalue weighted by Gasteiger charge is -2.25. The molecule has 0 aliphatic carbocycles. The molecule has 0 radical (unpaired) electrons. The van der Waals surface area contributed by atoms with Gasteiger partial charge >= 0.3 is 0 Å². The molecule has 0 fully saturated rings. The van der Waals surface area contributed by atoms with Crippen LogP contribution >= 0.6 is 11.8 Å². The van der Waals surface area contributed by atoms with E-state index in [1.807, 2.05) is 54.8 Å². The van der Waals surface area contributed by atoms with E-state index in [2.05, 4.69) is 5.32 Å². The summed E-state index contributed by atoms with van der Waals surface area (Å²) in [4.78, 5) is 28.0. The van der Waals surface area contributed by atoms with Crippen molar-refractivity contribution >= 4 is 29.3 Å². The van der Waals surface area contributed by atoms with E-state index in [4.69, 9.17) is 0 Å². The van der Waals surface area contributed by atoms with Gasteiger partial charge in [-0.05, 0) is 30.0 Å². The Balaban J connectivity index is 2.07. The van der Waals surface area contributed by atoms with Gasteiger partial charge in [0.25, 0.3) is 5.91 Å². The average Bonchev–Trinajstić information content (AvgIpc) is 2.99. The largest absolute Gasteiger partial charge is 0.357 e. The number of benzene rings is 2. The number of hydrogen-bond acceptors (Lipinski definition) is 3. The molecule has 118 valence electrons. The van der Waals surface area contributed by atoms with Crippen LogP contribution in [0.3, 0.4) is 0 Å². The fourth-order valence-electron chi connectivity index (χ4n) is 2.96. The van der Waals surface area contributed by atoms with E-state index in [1.54, 1.807) is 11.9 Å². The molecule has 5 heteroatoms. The molecular formula is C18H18N2O2S. The Kier molecular flexibility index (Phi) is 4.39. The van der Waals surface area contributed by atoms with E-state index in [1.165, 1.54) is 11.8 Å². The Bertz CT molecular complexity index is 760. The molecular weight excluding hydrogens is 308 g/mol. The highest BCUT2D eigenvalue weighted by molar-refractivity contribution is 7.98. The maximum absolute atomic E-state index is 13.2. The molecule has 1 unspecified atom stereocenters. The Labute approximate surface area is 139 Å². The van der Waals surface area contributed by atoms with Crippen LogP contribution in [0.1, 0.15) is 15.9 Å². The van der Waals surface area contributed by atoms with Gasteiger partial charge in [-0.2, -0.15) is 0 Å². The molecule has 1 N–H and O–H groups in total. The minimum absolute atomic E-state index is 0.131. The molecule has 0 bridgehead atoms. The standard InChI is InChI=1S/C18H18N2O2S/c1-19-17(21)15-11-12-7-3-5-9-14(12)20(15)18(22)13-8-4-6-10-16(13)23-2/h3-10,15H,11H2,1-2H3,(H,19,21). The van der Waals surface area contributed by atoms with Crippen LogP contribution in [-0.2, 0) is 11.2 Å². The quantitative estimate of drug-likeness (QED) is 0.882. The van der Waals surface area contributed by atoms with Crippen molar-refractivity contribution in [2.75, 3.05) is 18.2 Å². The van der Waals surface area contributed by atoms with Crippen LogP contribution in [0.15, 0.2) is 53.4 Å². The molecule has 1 atom stereocenters. The van der Waals surface area contributed by atoms with Crippen molar-refractivity contribution in [3.63, 3.8) is 0 Å². The van der Waals surface area contributed by atoms with Crippen LogP contribution in [0.4, 0.5) is 5.69 Å². The van der Waals surface area contributed by atoms with Crippen LogP contribution in [0.5, 0.6) is 0 Å². The van der Waals surface area contributed by atoms with Crippen molar-refractivity contribution < 1.29 is 9.59 Å². The smallest absolute Gasteiger partial charge is 0.260 e. The first kappa shape index (κ1) is 15.6. The zero-order valence-electron chi connectivity index (χ0n) is 13.1. The molecule has 3 rings (SSSR count). The van der Waals surface area contributed by atoms with E-state index < -0.39 is 6.04 Å². The summed E-state index contributed by atoms with van der Waals surface area (Å²) in [6.45, 7) is 0. The zero-order chi connectivity index (χ0) is 16.4. The first-order valence-electron chi connectivity index (χ1n) is 7.43. The third-order valence-corrected chi connectivity index (χ3v) is 4.88. The predicted molar refractivity (Wildman–Crippen MR) is 93.0 cm³/mol. The van der Waals surface area contributed by atoms with E-state index >= 15 is 0 Å². The minimum atomic E-state index is -0.500. The topological polar surface area (TPSA) is 49.4 Å². The fraction of sp³-hybridized carbons (Fsp3) is 0.222. The van der Waals surface area contributed by atoms with Crippen LogP contribution in [-0.4, -0.2) is 31.2 Å². The number of amides is 2. The van der Waals surface area contributed by atoms with Gasteiger partial charge in [0, 0.05) is 24.1 Å². The van der Waals surface area contributed by atoms with E-state index in [0.717, 1.165) is 16.1 Å². The van der Waals surface area contributed by atoms with Gasteiger partial charge in [-0.15, -0.1) is 11.8 Å². The Morgan fingerprint density at radius 3 is 2.57 bits per heavy atom. The number of fused-ring (bicyclic) bond motifs is 1. The first-order valence-corrected chi connectivity index (χ1v) is 8.66. The number of para-hydroxylation sites is 1. The van der Waals surface area contributed by atoms with E-state index in [-0.39, 0.29) is 11.8 Å². The molecule has 2 amide bonds. The van der Waals surface area contributed by atoms with Crippen molar-refractivity contribution in [3.05, 3.63) is 59.7 Å². The minimum Gasteiger partial charge on any atom is -0.357 e. The number of carbonyl (C=O) groups is 2. The summed E-state index contributed by atoms with van der Waals surface area (Å²) < 4.78 is 0. The number of hydrogen-bond donors (Lipinski definition) is 1. The third kappa shape index (κ3) is 2.72. The van der Waals surface area contributed by atoms with Crippen molar-refractivity contribution in [3.8, 4) is 0 Å². The lowest BCUT2D eigenvalue weighted by atomic mass is 10.1. The lowest BCUT2D eigenvalue weighted by molar-refractivity contribution is -0.121. The van der Waals surface area contributed by atoms with Crippen molar-refractivity contribution in [2.45, 2.75) is 17.4 Å². The molecule has 0 saturated carbocycles. The second-order valence-corrected chi connectivity index (χ2v) is 6.19. The van der Waals surface area contributed by atoms with Crippen molar-refractivity contribution in [1.29, 1.82) is 0 Å². The third-order valence-electron chi connectivity index (χ3n) is 4.08. The number of nitrogens with one attached hydrogen (secondary N) is 1. The summed E-state index contributed by atoms with van der Waals surface area (Å²) in [7, 11) is 1.60. The van der Waals surface area contributed by atoms with Gasteiger partial charge < -0.3 is 5.32 Å². The number of carbonyl (C=O) groups excluding carboxylic acids is 2. The summed E-state index contributed by atoms with van der Waals surface area (Å²) in [5.74, 6) is -0.273. The van der Waals surface area contributed by atoms with Gasteiger partial charge in [-0.3, -0.25) is 14.5 Å². The normalized spacial score (nSPS) is 16.1. The Morgan fingerprint density at radius 2 is 1.83 bits per heavy atom. The fourth-order valence-corrected chi connectivity index (χ4v) is 3.55. The lowest BCUT2D eigenvalue weighted by Crippen LogP contribution is -2.47. The average molecular weight is 326 g/mol. The Morgan fingerprint density at radius 1 is 1.13 bits per heavy atom. The molecule has 1 aliphatic heterocycles.